The summed E-state index contributed by atoms with van der Waals surface area (Å²) in [5.41, 5.74) is -0.385. The molecule has 0 bridgehead atoms. The van der Waals surface area contributed by atoms with Crippen LogP contribution >= 0.6 is 0 Å². The van der Waals surface area contributed by atoms with Gasteiger partial charge < -0.3 is 65.6 Å². The molecule has 0 aromatic rings. The quantitative estimate of drug-likeness (QED) is 0.0775. The number of rotatable bonds is 13. The first-order chi connectivity index (χ1) is 36.3. The Labute approximate surface area is 476 Å². The van der Waals surface area contributed by atoms with Gasteiger partial charge in [-0.2, -0.15) is 0 Å². The molecule has 1 aliphatic heterocycles. The summed E-state index contributed by atoms with van der Waals surface area (Å²) in [7, 11) is 0. The Morgan fingerprint density at radius 2 is 0.962 bits per heavy atom. The summed E-state index contributed by atoms with van der Waals surface area (Å²) in [5, 5.41) is 117. The Morgan fingerprint density at radius 3 is 1.38 bits per heavy atom. The van der Waals surface area contributed by atoms with E-state index < -0.39 is 72.2 Å². The van der Waals surface area contributed by atoms with Gasteiger partial charge in [-0.1, -0.05) is 106 Å². The molecular formula is C66H114O13. The maximum Gasteiger partial charge on any atom is 0.187 e. The van der Waals surface area contributed by atoms with Crippen LogP contribution in [0.5, 0.6) is 0 Å². The molecule has 9 rings (SSSR count). The van der Waals surface area contributed by atoms with Gasteiger partial charge in [0.1, 0.15) is 24.4 Å². The standard InChI is InChI=1S/C36H62O9.C30H52O4/c1-19(9-13-25(38)33(4,5)43)20-15-16-34(6)24-12-10-21-22(36(24,8)26(39)17-35(20,34)7)11-14-27(32(21,2)3)45-31-30(42)29(41)28(40)23(18-37)44-31;1-18(9-13-24(32)27(4,5)34)19-15-16-28(6)22-12-10-20-21(11-14-23(31)26(20,2)3)30(22,8)25(33)17-29(19,28)7/h10,19-20,22-31,37-43H,9,11-18H2,1-8H3;10,18-19,21-25,31-34H,9,11-17H2,1-8H3/t19-,20?,22?,23-,24?,25-,26-,27+,28-,29+,30-,31+,34+,35-,36+;18-,19?,21?,22?,23+,24-,25-,28+,29-,30+/m11/s1. The number of fused-ring (bicyclic) bond motifs is 10. The van der Waals surface area contributed by atoms with Crippen LogP contribution in [-0.4, -0.2) is 141 Å². The lowest BCUT2D eigenvalue weighted by molar-refractivity contribution is -0.320. The van der Waals surface area contributed by atoms with Gasteiger partial charge in [0.05, 0.1) is 54.4 Å². The van der Waals surface area contributed by atoms with Crippen LogP contribution in [0.15, 0.2) is 23.3 Å². The van der Waals surface area contributed by atoms with Gasteiger partial charge in [0.2, 0.25) is 0 Å². The van der Waals surface area contributed by atoms with Crippen molar-refractivity contribution < 1.29 is 65.6 Å². The minimum absolute atomic E-state index is 0.0417. The summed E-state index contributed by atoms with van der Waals surface area (Å²) in [6.45, 7) is 34.0. The average molecular weight is 1120 g/mol. The zero-order valence-electron chi connectivity index (χ0n) is 51.9. The summed E-state index contributed by atoms with van der Waals surface area (Å²) >= 11 is 0. The normalized spacial score (nSPS) is 48.7. The zero-order valence-corrected chi connectivity index (χ0v) is 51.9. The second-order valence-corrected chi connectivity index (χ2v) is 32.0. The van der Waals surface area contributed by atoms with Crippen LogP contribution in [0.4, 0.5) is 0 Å². The summed E-state index contributed by atoms with van der Waals surface area (Å²) in [4.78, 5) is 0. The molecule has 1 heterocycles. The molecule has 6 unspecified atom stereocenters. The molecular weight excluding hydrogens is 1000 g/mol. The van der Waals surface area contributed by atoms with Crippen LogP contribution in [0.3, 0.4) is 0 Å². The fourth-order valence-electron chi connectivity index (χ4n) is 20.8. The highest BCUT2D eigenvalue weighted by molar-refractivity contribution is 5.33. The maximum absolute atomic E-state index is 12.2. The van der Waals surface area contributed by atoms with E-state index in [0.717, 1.165) is 70.6 Å². The first kappa shape index (κ1) is 64.0. The van der Waals surface area contributed by atoms with E-state index in [1.54, 1.807) is 27.7 Å². The van der Waals surface area contributed by atoms with E-state index in [4.69, 9.17) is 9.47 Å². The van der Waals surface area contributed by atoms with Crippen molar-refractivity contribution in [3.63, 3.8) is 0 Å². The van der Waals surface area contributed by atoms with Crippen LogP contribution in [0.25, 0.3) is 0 Å². The number of aliphatic hydroxyl groups excluding tert-OH is 9. The Bertz CT molecular complexity index is 2210. The van der Waals surface area contributed by atoms with Crippen LogP contribution in [0.2, 0.25) is 0 Å². The van der Waals surface area contributed by atoms with E-state index in [2.05, 4.69) is 95.2 Å². The molecule has 79 heavy (non-hydrogen) atoms. The van der Waals surface area contributed by atoms with Crippen molar-refractivity contribution in [3.05, 3.63) is 23.3 Å². The van der Waals surface area contributed by atoms with Crippen LogP contribution in [0.1, 0.15) is 214 Å². The molecule has 6 saturated carbocycles. The number of ether oxygens (including phenoxy) is 2. The first-order valence-corrected chi connectivity index (χ1v) is 31.5. The van der Waals surface area contributed by atoms with Crippen LogP contribution in [-0.2, 0) is 9.47 Å². The second-order valence-electron chi connectivity index (χ2n) is 32.0. The van der Waals surface area contributed by atoms with Crippen molar-refractivity contribution in [2.45, 2.75) is 292 Å². The smallest absolute Gasteiger partial charge is 0.187 e. The third-order valence-electron chi connectivity index (χ3n) is 26.8. The molecule has 456 valence electrons. The highest BCUT2D eigenvalue weighted by Gasteiger charge is 2.72. The molecule has 8 aliphatic carbocycles. The Hall–Kier alpha value is -1.04. The Balaban J connectivity index is 0.000000216. The maximum atomic E-state index is 12.2. The Kier molecular flexibility index (Phi) is 17.6. The molecule has 11 N–H and O–H groups in total. The third kappa shape index (κ3) is 10.1. The van der Waals surface area contributed by atoms with Gasteiger partial charge in [-0.25, -0.2) is 0 Å². The number of hydrogen-bond donors (Lipinski definition) is 11. The molecule has 13 heteroatoms. The summed E-state index contributed by atoms with van der Waals surface area (Å²) < 4.78 is 12.1. The number of hydrogen-bond acceptors (Lipinski definition) is 13. The molecule has 0 spiro atoms. The summed E-state index contributed by atoms with van der Waals surface area (Å²) in [6.07, 6.45) is 9.72. The van der Waals surface area contributed by atoms with Gasteiger partial charge in [0.15, 0.2) is 6.29 Å². The first-order valence-electron chi connectivity index (χ1n) is 31.5. The summed E-state index contributed by atoms with van der Waals surface area (Å²) in [5.74, 6) is 3.03. The fraction of sp³-hybridized carbons (Fsp3) is 0.939. The minimum atomic E-state index is -1.48. The molecule has 0 radical (unpaired) electrons. The Morgan fingerprint density at radius 1 is 0.544 bits per heavy atom. The van der Waals surface area contributed by atoms with Gasteiger partial charge in [0, 0.05) is 21.7 Å². The van der Waals surface area contributed by atoms with Gasteiger partial charge in [-0.3, -0.25) is 0 Å². The lowest BCUT2D eigenvalue weighted by atomic mass is 9.38. The second kappa shape index (κ2) is 21.7. The number of allylic oxidation sites excluding steroid dienone is 2. The van der Waals surface area contributed by atoms with Gasteiger partial charge >= 0.3 is 0 Å². The van der Waals surface area contributed by atoms with E-state index in [1.807, 2.05) is 0 Å². The largest absolute Gasteiger partial charge is 0.394 e. The molecule has 1 saturated heterocycles. The van der Waals surface area contributed by atoms with Crippen molar-refractivity contribution in [1.82, 2.24) is 0 Å². The van der Waals surface area contributed by atoms with Crippen LogP contribution < -0.4 is 0 Å². The van der Waals surface area contributed by atoms with E-state index in [0.29, 0.717) is 60.7 Å². The molecule has 0 aromatic heterocycles. The van der Waals surface area contributed by atoms with E-state index in [9.17, 15) is 56.2 Å². The molecule has 0 aromatic carbocycles. The molecule has 7 fully saturated rings. The van der Waals surface area contributed by atoms with Crippen molar-refractivity contribution in [3.8, 4) is 0 Å². The van der Waals surface area contributed by atoms with Crippen molar-refractivity contribution in [2.24, 2.45) is 90.7 Å². The van der Waals surface area contributed by atoms with Crippen LogP contribution in [0, 0.1) is 90.7 Å². The van der Waals surface area contributed by atoms with Crippen molar-refractivity contribution in [1.29, 1.82) is 0 Å². The highest BCUT2D eigenvalue weighted by atomic mass is 16.7. The van der Waals surface area contributed by atoms with E-state index in [1.165, 1.54) is 24.0 Å². The van der Waals surface area contributed by atoms with Crippen molar-refractivity contribution >= 4 is 0 Å². The predicted molar refractivity (Wildman–Crippen MR) is 307 cm³/mol. The van der Waals surface area contributed by atoms with Gasteiger partial charge in [0.25, 0.3) is 0 Å². The SMILES string of the molecule is C[C@H](CC[C@@H](O)C(C)(C)O)C1CC[C@@]2(C)C3CC=C4C(CC[C@H](O)C4(C)C)[C@]3(C)[C@H](O)C[C@]12C.C[C@H](CC[C@@H](O)C(C)(C)O)C1CC[C@@]2(C)C3CC=C4C(CC[C@H](O[C@@H]5O[C@H](CO)[C@@H](O)[C@H](O)[C@H]5O)C4(C)C)[C@]3(C)[C@H](O)C[C@]12C. The lowest BCUT2D eigenvalue weighted by Gasteiger charge is -2.67. The monoisotopic (exact) mass is 1110 g/mol. The topological polar surface area (TPSA) is 241 Å². The molecule has 13 nitrogen and oxygen atoms in total. The zero-order chi connectivity index (χ0) is 59.0. The predicted octanol–water partition coefficient (Wildman–Crippen LogP) is 8.77. The molecule has 0 amide bonds. The van der Waals surface area contributed by atoms with E-state index >= 15 is 0 Å². The molecule has 25 atom stereocenters. The van der Waals surface area contributed by atoms with Gasteiger partial charge in [-0.15, -0.1) is 0 Å². The summed E-state index contributed by atoms with van der Waals surface area (Å²) in [6, 6.07) is 0. The third-order valence-corrected chi connectivity index (χ3v) is 26.8. The highest BCUT2D eigenvalue weighted by Crippen LogP contribution is 2.77. The average Bonchev–Trinajstić information content (AvgIpc) is 3.86. The molecule has 9 aliphatic rings. The minimum Gasteiger partial charge on any atom is -0.394 e. The number of aliphatic hydroxyl groups is 11. The van der Waals surface area contributed by atoms with Crippen molar-refractivity contribution in [2.75, 3.05) is 6.61 Å². The fourth-order valence-corrected chi connectivity index (χ4v) is 20.8. The van der Waals surface area contributed by atoms with Gasteiger partial charge in [-0.05, 0) is 199 Å². The lowest BCUT2D eigenvalue weighted by Crippen LogP contribution is -2.65. The van der Waals surface area contributed by atoms with E-state index in [-0.39, 0.29) is 62.1 Å².